The van der Waals surface area contributed by atoms with Crippen LogP contribution in [0.4, 0.5) is 5.69 Å². The number of nitrogens with zero attached hydrogens (tertiary/aromatic N) is 1. The van der Waals surface area contributed by atoms with E-state index < -0.39 is 5.97 Å². The Kier molecular flexibility index (Phi) is 5.63. The minimum atomic E-state index is -0.525. The summed E-state index contributed by atoms with van der Waals surface area (Å²) in [6, 6.07) is 12.9. The van der Waals surface area contributed by atoms with Crippen LogP contribution in [-0.2, 0) is 9.53 Å². The number of hydrogen-bond acceptors (Lipinski definition) is 5. The molecule has 3 rings (SSSR count). The van der Waals surface area contributed by atoms with E-state index in [2.05, 4.69) is 24.1 Å². The van der Waals surface area contributed by atoms with E-state index >= 15 is 0 Å². The normalized spacial score (nSPS) is 11.9. The fourth-order valence-corrected chi connectivity index (χ4v) is 3.24. The lowest BCUT2D eigenvalue weighted by atomic mass is 9.99. The first kappa shape index (κ1) is 18.1. The Morgan fingerprint density at radius 3 is 2.69 bits per heavy atom. The molecule has 1 N–H and O–H groups in total. The molecule has 0 fully saturated rings. The van der Waals surface area contributed by atoms with Gasteiger partial charge in [0.25, 0.3) is 5.91 Å². The van der Waals surface area contributed by atoms with Crippen LogP contribution in [0.3, 0.4) is 0 Å². The van der Waals surface area contributed by atoms with Crippen molar-refractivity contribution in [3.05, 3.63) is 59.1 Å². The lowest BCUT2D eigenvalue weighted by molar-refractivity contribution is -0.119. The second kappa shape index (κ2) is 8.10. The molecule has 2 aromatic carbocycles. The van der Waals surface area contributed by atoms with Gasteiger partial charge in [-0.3, -0.25) is 4.79 Å². The number of aromatic nitrogens is 1. The molecular weight excluding hydrogens is 348 g/mol. The molecule has 0 aliphatic heterocycles. The summed E-state index contributed by atoms with van der Waals surface area (Å²) in [6.45, 7) is 3.98. The van der Waals surface area contributed by atoms with Crippen molar-refractivity contribution in [1.82, 2.24) is 4.98 Å². The van der Waals surface area contributed by atoms with Gasteiger partial charge >= 0.3 is 5.97 Å². The number of anilines is 1. The molecule has 1 heterocycles. The third kappa shape index (κ3) is 4.26. The number of carbonyl (C=O) groups is 2. The summed E-state index contributed by atoms with van der Waals surface area (Å²) in [5.41, 5.74) is 4.89. The van der Waals surface area contributed by atoms with E-state index in [0.29, 0.717) is 17.2 Å². The van der Waals surface area contributed by atoms with Gasteiger partial charge in [-0.2, -0.15) is 0 Å². The lowest BCUT2D eigenvalue weighted by Gasteiger charge is -2.10. The van der Waals surface area contributed by atoms with E-state index in [1.165, 1.54) is 16.9 Å². The summed E-state index contributed by atoms with van der Waals surface area (Å²) in [5.74, 6) is -0.410. The zero-order valence-corrected chi connectivity index (χ0v) is 15.5. The molecule has 0 saturated heterocycles. The number of amides is 1. The van der Waals surface area contributed by atoms with Crippen LogP contribution in [0.25, 0.3) is 10.2 Å². The minimum Gasteiger partial charge on any atom is -0.452 e. The summed E-state index contributed by atoms with van der Waals surface area (Å²) >= 11 is 1.45. The molecule has 0 aliphatic carbocycles. The zero-order chi connectivity index (χ0) is 18.5. The van der Waals surface area contributed by atoms with E-state index in [-0.39, 0.29) is 12.5 Å². The lowest BCUT2D eigenvalue weighted by Crippen LogP contribution is -2.20. The first-order chi connectivity index (χ1) is 12.6. The van der Waals surface area contributed by atoms with E-state index in [9.17, 15) is 9.59 Å². The highest BCUT2D eigenvalue weighted by atomic mass is 32.1. The third-order valence-corrected chi connectivity index (χ3v) is 5.07. The highest BCUT2D eigenvalue weighted by Crippen LogP contribution is 2.21. The van der Waals surface area contributed by atoms with Crippen LogP contribution in [-0.4, -0.2) is 23.5 Å². The Labute approximate surface area is 156 Å². The number of nitrogens with one attached hydrogen (secondary N) is 1. The highest BCUT2D eigenvalue weighted by Gasteiger charge is 2.12. The van der Waals surface area contributed by atoms with Gasteiger partial charge in [0.05, 0.1) is 21.3 Å². The molecule has 0 spiro atoms. The fraction of sp³-hybridized carbons (Fsp3) is 0.250. The monoisotopic (exact) mass is 368 g/mol. The summed E-state index contributed by atoms with van der Waals surface area (Å²) in [7, 11) is 0. The first-order valence-electron chi connectivity index (χ1n) is 8.47. The molecule has 3 aromatic rings. The molecule has 26 heavy (non-hydrogen) atoms. The minimum absolute atomic E-state index is 0.327. The number of hydrogen-bond donors (Lipinski definition) is 1. The Morgan fingerprint density at radius 2 is 1.96 bits per heavy atom. The molecule has 1 aromatic heterocycles. The van der Waals surface area contributed by atoms with Gasteiger partial charge in [-0.05, 0) is 48.2 Å². The predicted molar refractivity (Wildman–Crippen MR) is 104 cm³/mol. The molecule has 0 saturated carbocycles. The molecular formula is C20H20N2O3S. The van der Waals surface area contributed by atoms with Crippen molar-refractivity contribution in [2.45, 2.75) is 26.2 Å². The molecule has 1 amide bonds. The van der Waals surface area contributed by atoms with E-state index in [4.69, 9.17) is 4.74 Å². The second-order valence-corrected chi connectivity index (χ2v) is 6.98. The van der Waals surface area contributed by atoms with E-state index in [0.717, 1.165) is 16.6 Å². The number of rotatable bonds is 6. The molecule has 134 valence electrons. The fourth-order valence-electron chi connectivity index (χ4n) is 2.52. The van der Waals surface area contributed by atoms with Crippen molar-refractivity contribution in [2.24, 2.45) is 0 Å². The van der Waals surface area contributed by atoms with Gasteiger partial charge in [0, 0.05) is 5.69 Å². The molecule has 0 bridgehead atoms. The van der Waals surface area contributed by atoms with Crippen LogP contribution < -0.4 is 5.32 Å². The van der Waals surface area contributed by atoms with Crippen LogP contribution in [0, 0.1) is 0 Å². The molecule has 1 atom stereocenters. The van der Waals surface area contributed by atoms with Crippen molar-refractivity contribution in [3.8, 4) is 0 Å². The maximum absolute atomic E-state index is 12.1. The van der Waals surface area contributed by atoms with Crippen molar-refractivity contribution >= 4 is 39.1 Å². The smallest absolute Gasteiger partial charge is 0.338 e. The number of ether oxygens (including phenoxy) is 1. The van der Waals surface area contributed by atoms with Crippen LogP contribution >= 0.6 is 11.3 Å². The molecule has 0 radical (unpaired) electrons. The molecule has 5 nitrogen and oxygen atoms in total. The number of benzene rings is 2. The Bertz CT molecular complexity index is 918. The maximum atomic E-state index is 12.1. The molecule has 0 aliphatic rings. The summed E-state index contributed by atoms with van der Waals surface area (Å²) in [4.78, 5) is 28.3. The Morgan fingerprint density at radius 1 is 1.19 bits per heavy atom. The van der Waals surface area contributed by atoms with Crippen molar-refractivity contribution in [3.63, 3.8) is 0 Å². The summed E-state index contributed by atoms with van der Waals surface area (Å²) in [5, 5.41) is 2.73. The largest absolute Gasteiger partial charge is 0.452 e. The topological polar surface area (TPSA) is 68.3 Å². The first-order valence-corrected chi connectivity index (χ1v) is 9.35. The van der Waals surface area contributed by atoms with Gasteiger partial charge in [-0.15, -0.1) is 11.3 Å². The van der Waals surface area contributed by atoms with Crippen molar-refractivity contribution in [2.75, 3.05) is 11.9 Å². The number of thiazole rings is 1. The van der Waals surface area contributed by atoms with Crippen molar-refractivity contribution < 1.29 is 14.3 Å². The van der Waals surface area contributed by atoms with Crippen LogP contribution in [0.5, 0.6) is 0 Å². The Balaban J connectivity index is 1.54. The second-order valence-electron chi connectivity index (χ2n) is 6.09. The van der Waals surface area contributed by atoms with Gasteiger partial charge in [0.2, 0.25) is 0 Å². The van der Waals surface area contributed by atoms with Crippen LogP contribution in [0.15, 0.2) is 48.0 Å². The molecule has 0 unspecified atom stereocenters. The van der Waals surface area contributed by atoms with Gasteiger partial charge in [0.1, 0.15) is 0 Å². The Hall–Kier alpha value is -2.73. The van der Waals surface area contributed by atoms with Crippen LogP contribution in [0.2, 0.25) is 0 Å². The summed E-state index contributed by atoms with van der Waals surface area (Å²) in [6.07, 6.45) is 1.06. The summed E-state index contributed by atoms with van der Waals surface area (Å²) < 4.78 is 6.01. The van der Waals surface area contributed by atoms with E-state index in [1.807, 2.05) is 24.3 Å². The third-order valence-electron chi connectivity index (χ3n) is 4.28. The molecule has 6 heteroatoms. The number of carbonyl (C=O) groups excluding carboxylic acids is 2. The average molecular weight is 368 g/mol. The van der Waals surface area contributed by atoms with Crippen molar-refractivity contribution in [1.29, 1.82) is 0 Å². The zero-order valence-electron chi connectivity index (χ0n) is 14.7. The van der Waals surface area contributed by atoms with Gasteiger partial charge < -0.3 is 10.1 Å². The average Bonchev–Trinajstić information content (AvgIpc) is 3.13. The number of esters is 1. The quantitative estimate of drug-likeness (QED) is 0.645. The van der Waals surface area contributed by atoms with Crippen LogP contribution in [0.1, 0.15) is 42.1 Å². The van der Waals surface area contributed by atoms with Gasteiger partial charge in [-0.1, -0.05) is 26.0 Å². The SMILES string of the molecule is CC[C@H](C)c1ccc(NC(=O)COC(=O)c2ccc3ncsc3c2)cc1. The standard InChI is InChI=1S/C20H20N2O3S/c1-3-13(2)14-4-7-16(8-5-14)22-19(23)11-25-20(24)15-6-9-17-18(10-15)26-12-21-17/h4-10,12-13H,3,11H2,1-2H3,(H,22,23)/t13-/m0/s1. The highest BCUT2D eigenvalue weighted by molar-refractivity contribution is 7.16. The van der Waals surface area contributed by atoms with Gasteiger partial charge in [-0.25, -0.2) is 9.78 Å². The number of fused-ring (bicyclic) bond motifs is 1. The maximum Gasteiger partial charge on any atom is 0.338 e. The van der Waals surface area contributed by atoms with E-state index in [1.54, 1.807) is 23.7 Å². The van der Waals surface area contributed by atoms with Gasteiger partial charge in [0.15, 0.2) is 6.61 Å². The predicted octanol–water partition coefficient (Wildman–Crippen LogP) is 4.61.